The van der Waals surface area contributed by atoms with Gasteiger partial charge in [-0.05, 0) is 30.0 Å². The molecule has 0 aliphatic rings. The second kappa shape index (κ2) is 12.2. The third-order valence-corrected chi connectivity index (χ3v) is 6.75. The van der Waals surface area contributed by atoms with Gasteiger partial charge in [0.2, 0.25) is 0 Å². The molecule has 1 N–H and O–H groups in total. The van der Waals surface area contributed by atoms with Crippen molar-refractivity contribution in [3.8, 4) is 16.9 Å². The maximum Gasteiger partial charge on any atom is 0.329 e. The van der Waals surface area contributed by atoms with Gasteiger partial charge in [-0.3, -0.25) is 0 Å². The molecule has 2 rings (SSSR count). The molecule has 6 heteroatoms. The molecule has 0 spiro atoms. The van der Waals surface area contributed by atoms with E-state index in [-0.39, 0.29) is 11.1 Å². The minimum absolute atomic E-state index is 0.0438. The average Bonchev–Trinajstić information content (AvgIpc) is 2.79. The molecule has 0 radical (unpaired) electrons. The summed E-state index contributed by atoms with van der Waals surface area (Å²) < 4.78 is 35.6. The fourth-order valence-electron chi connectivity index (χ4n) is 3.73. The van der Waals surface area contributed by atoms with Crippen molar-refractivity contribution in [3.63, 3.8) is 0 Å². The number of carboxylic acid groups (broad SMARTS) is 1. The molecule has 0 saturated heterocycles. The van der Waals surface area contributed by atoms with Gasteiger partial charge in [-0.2, -0.15) is 0 Å². The highest BCUT2D eigenvalue weighted by molar-refractivity contribution is 6.33. The van der Waals surface area contributed by atoms with Crippen LogP contribution in [-0.4, -0.2) is 17.7 Å². The van der Waals surface area contributed by atoms with Crippen molar-refractivity contribution < 1.29 is 23.4 Å². The molecular weight excluding hydrogens is 434 g/mol. The normalized spacial score (nSPS) is 14.1. The Balaban J connectivity index is 2.13. The van der Waals surface area contributed by atoms with Crippen LogP contribution in [0.3, 0.4) is 0 Å². The summed E-state index contributed by atoms with van der Waals surface area (Å²) in [4.78, 5) is 9.78. The molecule has 0 saturated carbocycles. The molecule has 0 aliphatic heterocycles. The Morgan fingerprint density at radius 1 is 1.00 bits per heavy atom. The zero-order chi connectivity index (χ0) is 23.7. The average molecular weight is 467 g/mol. The summed E-state index contributed by atoms with van der Waals surface area (Å²) in [5.41, 5.74) is 0.155. The van der Waals surface area contributed by atoms with Crippen LogP contribution in [0.5, 0.6) is 5.75 Å². The summed E-state index contributed by atoms with van der Waals surface area (Å²) >= 11 is 6.32. The van der Waals surface area contributed by atoms with Gasteiger partial charge in [0, 0.05) is 11.1 Å². The van der Waals surface area contributed by atoms with Crippen molar-refractivity contribution >= 4 is 17.6 Å². The molecule has 0 fully saturated rings. The number of hydrogen-bond donors (Lipinski definition) is 1. The molecule has 2 aromatic carbocycles. The second-order valence-electron chi connectivity index (χ2n) is 8.26. The quantitative estimate of drug-likeness (QED) is 0.241. The number of carboxylic acids is 1. The van der Waals surface area contributed by atoms with E-state index in [1.807, 2.05) is 0 Å². The number of ether oxygens (including phenoxy) is 1. The highest BCUT2D eigenvalue weighted by Crippen LogP contribution is 2.42. The van der Waals surface area contributed by atoms with Gasteiger partial charge in [0.05, 0.1) is 6.61 Å². The van der Waals surface area contributed by atoms with E-state index in [0.29, 0.717) is 24.3 Å². The number of alkyl halides is 1. The van der Waals surface area contributed by atoms with Crippen molar-refractivity contribution in [1.82, 2.24) is 0 Å². The first-order chi connectivity index (χ1) is 15.3. The van der Waals surface area contributed by atoms with Gasteiger partial charge in [0.15, 0.2) is 16.5 Å². The lowest BCUT2D eigenvalue weighted by molar-refractivity contribution is -0.142. The van der Waals surface area contributed by atoms with E-state index in [1.54, 1.807) is 38.1 Å². The van der Waals surface area contributed by atoms with Crippen molar-refractivity contribution in [3.05, 3.63) is 53.6 Å². The van der Waals surface area contributed by atoms with Crippen LogP contribution in [0.1, 0.15) is 71.3 Å². The van der Waals surface area contributed by atoms with Crippen LogP contribution in [0.15, 0.2) is 36.4 Å². The molecule has 2 aromatic rings. The summed E-state index contributed by atoms with van der Waals surface area (Å²) in [7, 11) is 0. The fraction of sp³-hybridized carbons (Fsp3) is 0.500. The minimum Gasteiger partial charge on any atom is -0.494 e. The molecule has 0 aromatic heterocycles. The van der Waals surface area contributed by atoms with Gasteiger partial charge in [-0.25, -0.2) is 13.6 Å². The van der Waals surface area contributed by atoms with Gasteiger partial charge in [-0.15, -0.1) is 11.6 Å². The maximum absolute atomic E-state index is 14.9. The lowest BCUT2D eigenvalue weighted by atomic mass is 9.83. The van der Waals surface area contributed by atoms with Crippen molar-refractivity contribution in [2.75, 3.05) is 6.61 Å². The molecule has 0 amide bonds. The Morgan fingerprint density at radius 2 is 1.62 bits per heavy atom. The molecule has 176 valence electrons. The Kier molecular flexibility index (Phi) is 9.95. The van der Waals surface area contributed by atoms with E-state index < -0.39 is 28.4 Å². The molecule has 2 atom stereocenters. The van der Waals surface area contributed by atoms with Crippen LogP contribution in [0, 0.1) is 17.6 Å². The first-order valence-corrected chi connectivity index (χ1v) is 11.8. The third-order valence-electron chi connectivity index (χ3n) is 6.01. The van der Waals surface area contributed by atoms with Crippen molar-refractivity contribution in [1.29, 1.82) is 0 Å². The molecule has 32 heavy (non-hydrogen) atoms. The lowest BCUT2D eigenvalue weighted by Crippen LogP contribution is -2.37. The fourth-order valence-corrected chi connectivity index (χ4v) is 4.03. The van der Waals surface area contributed by atoms with Crippen molar-refractivity contribution in [2.24, 2.45) is 5.92 Å². The number of halogens is 3. The summed E-state index contributed by atoms with van der Waals surface area (Å²) in [5.74, 6) is -3.67. The summed E-state index contributed by atoms with van der Waals surface area (Å²) in [6, 6.07) is 9.41. The van der Waals surface area contributed by atoms with Gasteiger partial charge in [0.1, 0.15) is 5.75 Å². The molecular formula is C26H33ClF2O3. The van der Waals surface area contributed by atoms with Crippen LogP contribution in [-0.2, 0) is 9.67 Å². The molecule has 3 nitrogen and oxygen atoms in total. The zero-order valence-corrected chi connectivity index (χ0v) is 19.9. The number of carbonyl (C=O) groups is 1. The Bertz CT molecular complexity index is 885. The Hall–Kier alpha value is -2.14. The number of hydrogen-bond acceptors (Lipinski definition) is 2. The highest BCUT2D eigenvalue weighted by Gasteiger charge is 2.45. The van der Waals surface area contributed by atoms with Gasteiger partial charge in [0.25, 0.3) is 0 Å². The predicted molar refractivity (Wildman–Crippen MR) is 125 cm³/mol. The topological polar surface area (TPSA) is 46.5 Å². The molecule has 0 bridgehead atoms. The van der Waals surface area contributed by atoms with Crippen LogP contribution >= 0.6 is 11.6 Å². The molecule has 0 unspecified atom stereocenters. The first kappa shape index (κ1) is 26.1. The number of aliphatic carboxylic acids is 1. The van der Waals surface area contributed by atoms with Gasteiger partial charge < -0.3 is 9.84 Å². The Labute approximate surface area is 194 Å². The molecule has 0 heterocycles. The molecule has 0 aliphatic carbocycles. The predicted octanol–water partition coefficient (Wildman–Crippen LogP) is 7.94. The lowest BCUT2D eigenvalue weighted by Gasteiger charge is -2.29. The van der Waals surface area contributed by atoms with Gasteiger partial charge >= 0.3 is 5.97 Å². The Morgan fingerprint density at radius 3 is 2.22 bits per heavy atom. The minimum atomic E-state index is -2.04. The summed E-state index contributed by atoms with van der Waals surface area (Å²) in [6.45, 7) is 6.17. The van der Waals surface area contributed by atoms with E-state index in [1.165, 1.54) is 37.8 Å². The van der Waals surface area contributed by atoms with Crippen LogP contribution in [0.25, 0.3) is 11.1 Å². The number of unbranched alkanes of at least 4 members (excludes halogenated alkanes) is 5. The standard InChI is InChI=1S/C26H33ClF2O3/c1-4-6-7-8-9-10-17-32-20-13-11-19(12-14-20)21-15-16-22(24(29)23(21)28)26(27,25(30)31)18(3)5-2/h11-16,18H,4-10,17H2,1-3H3,(H,30,31)/t18-,26-/m0/s1. The third kappa shape index (κ3) is 6.00. The summed E-state index contributed by atoms with van der Waals surface area (Å²) in [6.07, 6.45) is 7.45. The van der Waals surface area contributed by atoms with E-state index in [9.17, 15) is 18.7 Å². The van der Waals surface area contributed by atoms with E-state index in [2.05, 4.69) is 6.92 Å². The maximum atomic E-state index is 14.9. The largest absolute Gasteiger partial charge is 0.494 e. The first-order valence-electron chi connectivity index (χ1n) is 11.4. The van der Waals surface area contributed by atoms with E-state index >= 15 is 0 Å². The number of rotatable bonds is 13. The van der Waals surface area contributed by atoms with Gasteiger partial charge in [-0.1, -0.05) is 83.6 Å². The van der Waals surface area contributed by atoms with Crippen LogP contribution < -0.4 is 4.74 Å². The zero-order valence-electron chi connectivity index (χ0n) is 19.1. The number of benzene rings is 2. The van der Waals surface area contributed by atoms with Crippen LogP contribution in [0.4, 0.5) is 8.78 Å². The smallest absolute Gasteiger partial charge is 0.329 e. The highest BCUT2D eigenvalue weighted by atomic mass is 35.5. The second-order valence-corrected chi connectivity index (χ2v) is 8.85. The van der Waals surface area contributed by atoms with E-state index in [0.717, 1.165) is 12.8 Å². The summed E-state index contributed by atoms with van der Waals surface area (Å²) in [5, 5.41) is 9.63. The monoisotopic (exact) mass is 466 g/mol. The van der Waals surface area contributed by atoms with Crippen LogP contribution in [0.2, 0.25) is 0 Å². The SMILES string of the molecule is CCCCCCCCOc1ccc(-c2ccc([C@](Cl)(C(=O)O)[C@@H](C)CC)c(F)c2F)cc1. The van der Waals surface area contributed by atoms with Crippen molar-refractivity contribution in [2.45, 2.75) is 70.6 Å². The van der Waals surface area contributed by atoms with E-state index in [4.69, 9.17) is 16.3 Å².